The van der Waals surface area contributed by atoms with Gasteiger partial charge in [-0.25, -0.2) is 4.79 Å². The lowest BCUT2D eigenvalue weighted by atomic mass is 10.1. The van der Waals surface area contributed by atoms with Crippen molar-refractivity contribution in [3.8, 4) is 22.5 Å². The van der Waals surface area contributed by atoms with Crippen molar-refractivity contribution in [3.05, 3.63) is 155 Å². The van der Waals surface area contributed by atoms with Crippen LogP contribution in [0, 0.1) is 13.8 Å². The van der Waals surface area contributed by atoms with Gasteiger partial charge in [-0.1, -0.05) is 72.8 Å². The van der Waals surface area contributed by atoms with Crippen LogP contribution in [0.3, 0.4) is 0 Å². The molecule has 0 spiro atoms. The summed E-state index contributed by atoms with van der Waals surface area (Å²) in [4.78, 5) is 29.4. The van der Waals surface area contributed by atoms with Gasteiger partial charge in [0.25, 0.3) is 5.91 Å². The van der Waals surface area contributed by atoms with Crippen LogP contribution < -0.4 is 11.1 Å². The second-order valence-corrected chi connectivity index (χ2v) is 16.7. The van der Waals surface area contributed by atoms with E-state index in [0.29, 0.717) is 11.1 Å². The number of nitrogen functional groups attached to an aromatic ring is 1. The predicted molar refractivity (Wildman–Crippen MR) is 255 cm³/mol. The van der Waals surface area contributed by atoms with Crippen molar-refractivity contribution < 1.29 is 50.5 Å². The number of hydrogen-bond donors (Lipinski definition) is 3. The fourth-order valence-electron chi connectivity index (χ4n) is 8.25. The van der Waals surface area contributed by atoms with E-state index in [0.717, 1.165) is 150 Å². The summed E-state index contributed by atoms with van der Waals surface area (Å²) in [5.41, 5.74) is 10.3. The molecule has 4 N–H and O–H groups in total. The molecule has 2 saturated heterocycles. The van der Waals surface area contributed by atoms with Gasteiger partial charge >= 0.3 is 18.3 Å². The van der Waals surface area contributed by atoms with E-state index >= 15 is 0 Å². The number of ether oxygens (including phenoxy) is 2. The summed E-state index contributed by atoms with van der Waals surface area (Å²) in [6, 6.07) is 32.7. The molecule has 368 valence electrons. The van der Waals surface area contributed by atoms with E-state index < -0.39 is 35.4 Å². The zero-order valence-corrected chi connectivity index (χ0v) is 38.7. The second kappa shape index (κ2) is 24.2. The molecule has 2 aromatic heterocycles. The lowest BCUT2D eigenvalue weighted by Gasteiger charge is -2.26. The summed E-state index contributed by atoms with van der Waals surface area (Å²) in [6.07, 6.45) is -6.87. The van der Waals surface area contributed by atoms with Crippen molar-refractivity contribution in [3.63, 3.8) is 0 Å². The first-order chi connectivity index (χ1) is 33.0. The van der Waals surface area contributed by atoms with Gasteiger partial charge in [-0.15, -0.1) is 0 Å². The Morgan fingerprint density at radius 3 is 1.45 bits per heavy atom. The van der Waals surface area contributed by atoms with E-state index in [2.05, 4.69) is 24.3 Å². The number of aromatic nitrogens is 2. The quantitative estimate of drug-likeness (QED) is 0.0772. The lowest BCUT2D eigenvalue weighted by Crippen LogP contribution is -2.37. The van der Waals surface area contributed by atoms with Gasteiger partial charge in [-0.3, -0.25) is 14.6 Å². The van der Waals surface area contributed by atoms with Crippen molar-refractivity contribution in [2.75, 3.05) is 76.7 Å². The second-order valence-electron chi connectivity index (χ2n) is 16.7. The highest BCUT2D eigenvalue weighted by Gasteiger charge is 2.31. The van der Waals surface area contributed by atoms with Crippen LogP contribution in [0.15, 0.2) is 121 Å². The summed E-state index contributed by atoms with van der Waals surface area (Å²) in [7, 11) is 0. The van der Waals surface area contributed by atoms with Crippen molar-refractivity contribution in [2.45, 2.75) is 52.1 Å². The molecule has 0 aliphatic carbocycles. The van der Waals surface area contributed by atoms with Gasteiger partial charge in [0.05, 0.1) is 48.7 Å². The third kappa shape index (κ3) is 14.8. The summed E-state index contributed by atoms with van der Waals surface area (Å²) >= 11 is 0. The van der Waals surface area contributed by atoms with Crippen LogP contribution in [0.1, 0.15) is 56.1 Å². The van der Waals surface area contributed by atoms with Crippen LogP contribution in [0.2, 0.25) is 0 Å². The fraction of sp³-hybridized carbons (Fsp3) is 0.346. The topological polar surface area (TPSA) is 127 Å². The van der Waals surface area contributed by atoms with E-state index in [9.17, 15) is 41.0 Å². The highest BCUT2D eigenvalue weighted by atomic mass is 19.4. The highest BCUT2D eigenvalue weighted by molar-refractivity contribution is 6.06. The average molecular weight is 961 g/mol. The van der Waals surface area contributed by atoms with Crippen LogP contribution in [-0.4, -0.2) is 102 Å². The van der Waals surface area contributed by atoms with Crippen LogP contribution in [0.25, 0.3) is 22.5 Å². The molecule has 0 atom stereocenters. The van der Waals surface area contributed by atoms with Crippen LogP contribution >= 0.6 is 0 Å². The Kier molecular flexibility index (Phi) is 18.3. The molecule has 11 nitrogen and oxygen atoms in total. The largest absolute Gasteiger partial charge is 0.478 e. The molecule has 0 unspecified atom stereocenters. The van der Waals surface area contributed by atoms with Gasteiger partial charge in [-0.05, 0) is 86.3 Å². The SMILES string of the molecule is Cc1c(C(=O)Nc2cccc(C(F)(F)F)c2)cc(-c2ccccc2)n1CCCN1CCOCC1.Cc1c(C(=O)O)cc(-c2ccccc2)n1CCCN1CCOCC1.Nc1cccc(C(F)(F)F)c1. The van der Waals surface area contributed by atoms with Gasteiger partial charge in [0.1, 0.15) is 0 Å². The first-order valence-electron chi connectivity index (χ1n) is 22.8. The molecule has 8 rings (SSSR count). The Morgan fingerprint density at radius 2 is 1.01 bits per heavy atom. The number of nitrogens with two attached hydrogens (primary N) is 1. The molecule has 0 saturated carbocycles. The number of nitrogens with zero attached hydrogens (tertiary/aromatic N) is 4. The number of halogens is 6. The third-order valence-corrected chi connectivity index (χ3v) is 11.9. The lowest BCUT2D eigenvalue weighted by molar-refractivity contribution is -0.138. The van der Waals surface area contributed by atoms with Crippen molar-refractivity contribution >= 4 is 23.3 Å². The minimum absolute atomic E-state index is 0.112. The van der Waals surface area contributed by atoms with Crippen LogP contribution in [0.5, 0.6) is 0 Å². The minimum Gasteiger partial charge on any atom is -0.478 e. The Labute approximate surface area is 398 Å². The molecule has 1 amide bonds. The van der Waals surface area contributed by atoms with E-state index in [1.165, 1.54) is 24.3 Å². The number of morpholine rings is 2. The van der Waals surface area contributed by atoms with Gasteiger partial charge < -0.3 is 34.8 Å². The molecule has 17 heteroatoms. The van der Waals surface area contributed by atoms with E-state index in [1.807, 2.05) is 80.6 Å². The Bertz CT molecular complexity index is 2580. The van der Waals surface area contributed by atoms with Gasteiger partial charge in [0, 0.05) is 86.5 Å². The molecule has 2 aliphatic heterocycles. The Balaban J connectivity index is 0.000000193. The first kappa shape index (κ1) is 52.0. The number of alkyl halides is 6. The number of aromatic carboxylic acids is 1. The molecular weight excluding hydrogens is 903 g/mol. The van der Waals surface area contributed by atoms with Crippen molar-refractivity contribution in [2.24, 2.45) is 0 Å². The summed E-state index contributed by atoms with van der Waals surface area (Å²) in [5.74, 6) is -1.29. The highest BCUT2D eigenvalue weighted by Crippen LogP contribution is 2.33. The van der Waals surface area contributed by atoms with Gasteiger partial charge in [0.2, 0.25) is 0 Å². The number of anilines is 2. The zero-order valence-electron chi connectivity index (χ0n) is 38.7. The maximum Gasteiger partial charge on any atom is 0.416 e. The fourth-order valence-corrected chi connectivity index (χ4v) is 8.25. The smallest absolute Gasteiger partial charge is 0.416 e. The average Bonchev–Trinajstić information content (AvgIpc) is 3.85. The zero-order chi connectivity index (χ0) is 49.6. The molecule has 0 bridgehead atoms. The number of carbonyl (C=O) groups is 2. The van der Waals surface area contributed by atoms with E-state index in [1.54, 1.807) is 6.07 Å². The number of carboxylic acid groups (broad SMARTS) is 1. The summed E-state index contributed by atoms with van der Waals surface area (Å²) in [5, 5.41) is 12.1. The monoisotopic (exact) mass is 960 g/mol. The maximum absolute atomic E-state index is 13.1. The number of benzene rings is 4. The number of nitrogens with one attached hydrogen (secondary N) is 1. The number of carboxylic acids is 1. The molecule has 4 aromatic carbocycles. The van der Waals surface area contributed by atoms with E-state index in [-0.39, 0.29) is 11.4 Å². The number of hydrogen-bond acceptors (Lipinski definition) is 7. The van der Waals surface area contributed by atoms with Crippen LogP contribution in [-0.2, 0) is 34.9 Å². The minimum atomic E-state index is -4.47. The molecule has 4 heterocycles. The van der Waals surface area contributed by atoms with Crippen molar-refractivity contribution in [1.82, 2.24) is 18.9 Å². The normalized spacial score (nSPS) is 14.6. The standard InChI is InChI=1S/C26H28F3N3O2.C19H24N2O3.C7H6F3N/c1-19-23(25(33)30-22-10-5-9-21(17-22)26(27,28)29)18-24(20-7-3-2-4-8-20)32(19)12-6-11-31-13-15-34-16-14-31;1-15-17(19(22)23)14-18(16-6-3-2-4-7-16)21(15)9-5-8-20-10-12-24-13-11-20;8-7(9,10)5-2-1-3-6(11)4-5/h2-5,7-10,17-18H,6,11-16H2,1H3,(H,30,33);2-4,6-7,14H,5,8-13H2,1H3,(H,22,23);1-4H,11H2. The predicted octanol–water partition coefficient (Wildman–Crippen LogP) is 10.6. The molecule has 6 aromatic rings. The number of carbonyl (C=O) groups excluding carboxylic acids is 1. The van der Waals surface area contributed by atoms with Crippen molar-refractivity contribution in [1.29, 1.82) is 0 Å². The maximum atomic E-state index is 13.1. The Hall–Kier alpha value is -6.40. The van der Waals surface area contributed by atoms with Gasteiger partial charge in [-0.2, -0.15) is 26.3 Å². The molecular formula is C52H58F6N6O5. The van der Waals surface area contributed by atoms with Crippen LogP contribution in [0.4, 0.5) is 37.7 Å². The third-order valence-electron chi connectivity index (χ3n) is 11.9. The molecule has 69 heavy (non-hydrogen) atoms. The molecule has 0 radical (unpaired) electrons. The van der Waals surface area contributed by atoms with Gasteiger partial charge in [0.15, 0.2) is 0 Å². The Morgan fingerprint density at radius 1 is 0.580 bits per heavy atom. The number of rotatable bonds is 13. The summed E-state index contributed by atoms with van der Waals surface area (Å²) < 4.78 is 90.0. The molecule has 2 aliphatic rings. The van der Waals surface area contributed by atoms with E-state index in [4.69, 9.17) is 15.2 Å². The summed E-state index contributed by atoms with van der Waals surface area (Å²) in [6.45, 7) is 14.2. The number of amides is 1. The first-order valence-corrected chi connectivity index (χ1v) is 22.8. The molecule has 2 fully saturated rings.